The standard InChI is InChI=1S/C22H20F2N4O/c23-16-5-8-18(9-6-16)27-11-13-28(14-12-27)21-10-7-17(15-25-21)26-22(29)19-3-1-2-4-20(19)24/h1-10,15H,11-14H2,(H,26,29). The van der Waals surface area contributed by atoms with Gasteiger partial charge in [-0.05, 0) is 48.5 Å². The molecule has 0 spiro atoms. The van der Waals surface area contributed by atoms with Gasteiger partial charge in [0.25, 0.3) is 5.91 Å². The average molecular weight is 394 g/mol. The summed E-state index contributed by atoms with van der Waals surface area (Å²) in [5, 5.41) is 2.66. The van der Waals surface area contributed by atoms with Gasteiger partial charge in [-0.2, -0.15) is 0 Å². The van der Waals surface area contributed by atoms with Gasteiger partial charge < -0.3 is 15.1 Å². The first-order chi connectivity index (χ1) is 14.1. The van der Waals surface area contributed by atoms with Crippen LogP contribution in [0.5, 0.6) is 0 Å². The van der Waals surface area contributed by atoms with E-state index < -0.39 is 11.7 Å². The first-order valence-electron chi connectivity index (χ1n) is 9.37. The maximum atomic E-state index is 13.7. The molecular formula is C22H20F2N4O. The van der Waals surface area contributed by atoms with Crippen LogP contribution in [0.15, 0.2) is 66.9 Å². The molecule has 0 radical (unpaired) electrons. The summed E-state index contributed by atoms with van der Waals surface area (Å²) in [5.41, 5.74) is 1.51. The zero-order valence-electron chi connectivity index (χ0n) is 15.7. The van der Waals surface area contributed by atoms with Gasteiger partial charge in [0, 0.05) is 31.9 Å². The minimum absolute atomic E-state index is 0.00603. The van der Waals surface area contributed by atoms with Crippen LogP contribution in [0.4, 0.5) is 26.0 Å². The Morgan fingerprint density at radius 2 is 1.55 bits per heavy atom. The van der Waals surface area contributed by atoms with Gasteiger partial charge in [0.2, 0.25) is 0 Å². The van der Waals surface area contributed by atoms with Gasteiger partial charge in [0.05, 0.1) is 17.4 Å². The highest BCUT2D eigenvalue weighted by Gasteiger charge is 2.18. The maximum absolute atomic E-state index is 13.7. The predicted octanol–water partition coefficient (Wildman–Crippen LogP) is 3.94. The summed E-state index contributed by atoms with van der Waals surface area (Å²) in [4.78, 5) is 21.0. The number of nitrogens with one attached hydrogen (secondary N) is 1. The maximum Gasteiger partial charge on any atom is 0.258 e. The molecule has 1 N–H and O–H groups in total. The normalized spacial score (nSPS) is 14.0. The van der Waals surface area contributed by atoms with E-state index in [4.69, 9.17) is 0 Å². The van der Waals surface area contributed by atoms with Crippen molar-refractivity contribution in [3.63, 3.8) is 0 Å². The highest BCUT2D eigenvalue weighted by Crippen LogP contribution is 2.21. The van der Waals surface area contributed by atoms with Crippen LogP contribution >= 0.6 is 0 Å². The number of aromatic nitrogens is 1. The minimum Gasteiger partial charge on any atom is -0.368 e. The molecule has 1 aromatic heterocycles. The van der Waals surface area contributed by atoms with Crippen molar-refractivity contribution in [2.45, 2.75) is 0 Å². The van der Waals surface area contributed by atoms with Crippen molar-refractivity contribution in [2.24, 2.45) is 0 Å². The Balaban J connectivity index is 1.36. The average Bonchev–Trinajstić information content (AvgIpc) is 2.75. The van der Waals surface area contributed by atoms with Crippen molar-refractivity contribution < 1.29 is 13.6 Å². The Kier molecular flexibility index (Phi) is 5.37. The summed E-state index contributed by atoms with van der Waals surface area (Å²) in [5.74, 6) is -0.495. The lowest BCUT2D eigenvalue weighted by Crippen LogP contribution is -2.46. The molecule has 0 unspecified atom stereocenters. The molecule has 148 valence electrons. The molecular weight excluding hydrogens is 374 g/mol. The third-order valence-corrected chi connectivity index (χ3v) is 4.92. The third-order valence-electron chi connectivity index (χ3n) is 4.92. The molecule has 0 aliphatic carbocycles. The molecule has 1 saturated heterocycles. The van der Waals surface area contributed by atoms with Gasteiger partial charge in [-0.1, -0.05) is 12.1 Å². The number of halogens is 2. The Morgan fingerprint density at radius 3 is 2.21 bits per heavy atom. The highest BCUT2D eigenvalue weighted by molar-refractivity contribution is 6.04. The molecule has 7 heteroatoms. The van der Waals surface area contributed by atoms with E-state index in [-0.39, 0.29) is 11.4 Å². The number of carbonyl (C=O) groups excluding carboxylic acids is 1. The van der Waals surface area contributed by atoms with Crippen LogP contribution in [0, 0.1) is 11.6 Å². The van der Waals surface area contributed by atoms with Crippen molar-refractivity contribution in [2.75, 3.05) is 41.3 Å². The Hall–Kier alpha value is -3.48. The van der Waals surface area contributed by atoms with E-state index in [1.807, 2.05) is 6.07 Å². The number of hydrogen-bond donors (Lipinski definition) is 1. The summed E-state index contributed by atoms with van der Waals surface area (Å²) >= 11 is 0. The Morgan fingerprint density at radius 1 is 0.862 bits per heavy atom. The number of carbonyl (C=O) groups is 1. The fourth-order valence-corrected chi connectivity index (χ4v) is 3.34. The molecule has 0 atom stereocenters. The van der Waals surface area contributed by atoms with Crippen LogP contribution in [0.25, 0.3) is 0 Å². The number of rotatable bonds is 4. The highest BCUT2D eigenvalue weighted by atomic mass is 19.1. The number of pyridine rings is 1. The lowest BCUT2D eigenvalue weighted by molar-refractivity contribution is 0.102. The quantitative estimate of drug-likeness (QED) is 0.728. The van der Waals surface area contributed by atoms with Crippen molar-refractivity contribution in [1.82, 2.24) is 4.98 Å². The monoisotopic (exact) mass is 394 g/mol. The largest absolute Gasteiger partial charge is 0.368 e. The summed E-state index contributed by atoms with van der Waals surface area (Å²) in [6.07, 6.45) is 1.57. The predicted molar refractivity (Wildman–Crippen MR) is 109 cm³/mol. The van der Waals surface area contributed by atoms with Gasteiger partial charge in [-0.15, -0.1) is 0 Å². The van der Waals surface area contributed by atoms with Gasteiger partial charge in [0.15, 0.2) is 0 Å². The number of amides is 1. The van der Waals surface area contributed by atoms with Crippen LogP contribution in [0.1, 0.15) is 10.4 Å². The molecule has 1 aliphatic rings. The molecule has 1 fully saturated rings. The molecule has 4 rings (SSSR count). The molecule has 3 aromatic rings. The van der Waals surface area contributed by atoms with Crippen LogP contribution in [-0.2, 0) is 0 Å². The topological polar surface area (TPSA) is 48.5 Å². The summed E-state index contributed by atoms with van der Waals surface area (Å²) in [6.45, 7) is 3.18. The SMILES string of the molecule is O=C(Nc1ccc(N2CCN(c3ccc(F)cc3)CC2)nc1)c1ccccc1F. The zero-order valence-corrected chi connectivity index (χ0v) is 15.7. The number of anilines is 3. The van der Waals surface area contributed by atoms with Crippen molar-refractivity contribution in [3.8, 4) is 0 Å². The van der Waals surface area contributed by atoms with E-state index in [0.717, 1.165) is 37.7 Å². The van der Waals surface area contributed by atoms with Gasteiger partial charge >= 0.3 is 0 Å². The smallest absolute Gasteiger partial charge is 0.258 e. The van der Waals surface area contributed by atoms with Gasteiger partial charge in [-0.3, -0.25) is 4.79 Å². The van der Waals surface area contributed by atoms with Crippen LogP contribution in [0.3, 0.4) is 0 Å². The van der Waals surface area contributed by atoms with E-state index in [2.05, 4.69) is 20.1 Å². The van der Waals surface area contributed by atoms with Crippen molar-refractivity contribution in [1.29, 1.82) is 0 Å². The van der Waals surface area contributed by atoms with Crippen molar-refractivity contribution in [3.05, 3.63) is 84.1 Å². The zero-order chi connectivity index (χ0) is 20.2. The van der Waals surface area contributed by atoms with Crippen molar-refractivity contribution >= 4 is 23.1 Å². The lowest BCUT2D eigenvalue weighted by atomic mass is 10.2. The third kappa shape index (κ3) is 4.34. The molecule has 5 nitrogen and oxygen atoms in total. The first-order valence-corrected chi connectivity index (χ1v) is 9.37. The fourth-order valence-electron chi connectivity index (χ4n) is 3.34. The molecule has 0 bridgehead atoms. The van der Waals surface area contributed by atoms with E-state index in [1.165, 1.54) is 30.3 Å². The van der Waals surface area contributed by atoms with Crippen LogP contribution < -0.4 is 15.1 Å². The second-order valence-electron chi connectivity index (χ2n) is 6.79. The van der Waals surface area contributed by atoms with Crippen LogP contribution in [0.2, 0.25) is 0 Å². The second kappa shape index (κ2) is 8.26. The molecule has 1 aliphatic heterocycles. The number of nitrogens with zero attached hydrogens (tertiary/aromatic N) is 3. The van der Waals surface area contributed by atoms with Gasteiger partial charge in [-0.25, -0.2) is 13.8 Å². The fraction of sp³-hybridized carbons (Fsp3) is 0.182. The number of hydrogen-bond acceptors (Lipinski definition) is 4. The van der Waals surface area contributed by atoms with Gasteiger partial charge in [0.1, 0.15) is 17.5 Å². The van der Waals surface area contributed by atoms with Crippen LogP contribution in [-0.4, -0.2) is 37.1 Å². The van der Waals surface area contributed by atoms with E-state index in [0.29, 0.717) is 5.69 Å². The summed E-state index contributed by atoms with van der Waals surface area (Å²) < 4.78 is 26.8. The molecule has 2 heterocycles. The second-order valence-corrected chi connectivity index (χ2v) is 6.79. The Bertz CT molecular complexity index is 984. The summed E-state index contributed by atoms with van der Waals surface area (Å²) in [7, 11) is 0. The molecule has 0 saturated carbocycles. The van der Waals surface area contributed by atoms with E-state index in [1.54, 1.807) is 30.5 Å². The molecule has 1 amide bonds. The van der Waals surface area contributed by atoms with E-state index in [9.17, 15) is 13.6 Å². The molecule has 29 heavy (non-hydrogen) atoms. The number of piperazine rings is 1. The Labute approximate surface area is 167 Å². The lowest BCUT2D eigenvalue weighted by Gasteiger charge is -2.36. The molecule has 2 aromatic carbocycles. The summed E-state index contributed by atoms with van der Waals surface area (Å²) in [6, 6.07) is 16.0. The number of benzene rings is 2. The minimum atomic E-state index is -0.561. The van der Waals surface area contributed by atoms with E-state index >= 15 is 0 Å². The first kappa shape index (κ1) is 18.9.